The van der Waals surface area contributed by atoms with Gasteiger partial charge in [0.25, 0.3) is 0 Å². The molecule has 3 heterocycles. The Hall–Kier alpha value is -1.86. The van der Waals surface area contributed by atoms with Crippen LogP contribution in [0, 0.1) is 5.92 Å². The van der Waals surface area contributed by atoms with Crippen molar-refractivity contribution in [1.82, 2.24) is 15.2 Å². The highest BCUT2D eigenvalue weighted by atomic mass is 16.5. The number of nitrogens with zero attached hydrogens (tertiary/aromatic N) is 3. The molecular formula is C18H28N4O3. The molecule has 7 heteroatoms. The third-order valence-electron chi connectivity index (χ3n) is 4.76. The van der Waals surface area contributed by atoms with Gasteiger partial charge in [-0.15, -0.1) is 0 Å². The van der Waals surface area contributed by atoms with Crippen LogP contribution in [0.3, 0.4) is 0 Å². The number of hydrogen-bond donors (Lipinski definition) is 1. The topological polar surface area (TPSA) is 66.9 Å². The van der Waals surface area contributed by atoms with Gasteiger partial charge in [-0.3, -0.25) is 0 Å². The molecule has 0 unspecified atom stereocenters. The summed E-state index contributed by atoms with van der Waals surface area (Å²) in [7, 11) is 0. The minimum Gasteiger partial charge on any atom is -0.381 e. The number of nitrogens with one attached hydrogen (secondary N) is 1. The average Bonchev–Trinajstić information content (AvgIpc) is 3.18. The van der Waals surface area contributed by atoms with Gasteiger partial charge in [-0.1, -0.05) is 0 Å². The summed E-state index contributed by atoms with van der Waals surface area (Å²) < 4.78 is 10.8. The molecule has 2 aliphatic heterocycles. The first-order valence-electron chi connectivity index (χ1n) is 9.14. The van der Waals surface area contributed by atoms with Gasteiger partial charge in [-0.25, -0.2) is 9.78 Å². The summed E-state index contributed by atoms with van der Waals surface area (Å²) in [4.78, 5) is 21.0. The van der Waals surface area contributed by atoms with Crippen molar-refractivity contribution >= 4 is 11.8 Å². The number of hydrogen-bond acceptors (Lipinski definition) is 5. The number of amides is 2. The number of carbonyl (C=O) groups is 1. The molecule has 138 valence electrons. The minimum atomic E-state index is -0.0147. The fourth-order valence-corrected chi connectivity index (χ4v) is 3.22. The summed E-state index contributed by atoms with van der Waals surface area (Å²) in [6.07, 6.45) is 2.84. The molecular weight excluding hydrogens is 320 g/mol. The third-order valence-corrected chi connectivity index (χ3v) is 4.76. The largest absolute Gasteiger partial charge is 0.381 e. The molecule has 0 aromatic carbocycles. The predicted molar refractivity (Wildman–Crippen MR) is 95.7 cm³/mol. The van der Waals surface area contributed by atoms with E-state index < -0.39 is 0 Å². The van der Waals surface area contributed by atoms with Crippen LogP contribution in [0.1, 0.15) is 18.9 Å². The maximum Gasteiger partial charge on any atom is 0.317 e. The lowest BCUT2D eigenvalue weighted by Gasteiger charge is -2.28. The van der Waals surface area contributed by atoms with Gasteiger partial charge in [0.05, 0.1) is 19.8 Å². The van der Waals surface area contributed by atoms with Crippen molar-refractivity contribution in [3.63, 3.8) is 0 Å². The number of ether oxygens (including phenoxy) is 2. The van der Waals surface area contributed by atoms with Crippen LogP contribution in [0.25, 0.3) is 0 Å². The predicted octanol–water partition coefficient (Wildman–Crippen LogP) is 1.49. The van der Waals surface area contributed by atoms with E-state index in [0.717, 1.165) is 63.9 Å². The lowest BCUT2D eigenvalue weighted by Crippen LogP contribution is -2.42. The minimum absolute atomic E-state index is 0.0147. The molecule has 7 nitrogen and oxygen atoms in total. The van der Waals surface area contributed by atoms with E-state index in [-0.39, 0.29) is 6.03 Å². The number of carbonyl (C=O) groups excluding carboxylic acids is 1. The molecule has 2 saturated heterocycles. The zero-order valence-corrected chi connectivity index (χ0v) is 14.9. The standard InChI is InChI=1S/C18H28N4O3/c1-2-21(13-16-4-8-25-14-16)18(23)20-12-15-3-5-19-17(11-15)22-6-9-24-10-7-22/h3,5,11,16H,2,4,6-10,12-14H2,1H3,(H,20,23)/t16-/m1/s1. The molecule has 1 aromatic rings. The van der Waals surface area contributed by atoms with Crippen molar-refractivity contribution < 1.29 is 14.3 Å². The van der Waals surface area contributed by atoms with Crippen molar-refractivity contribution in [1.29, 1.82) is 0 Å². The summed E-state index contributed by atoms with van der Waals surface area (Å²) in [5.41, 5.74) is 1.06. The Bertz CT molecular complexity index is 557. The molecule has 1 aromatic heterocycles. The Labute approximate surface area is 149 Å². The van der Waals surface area contributed by atoms with E-state index in [2.05, 4.69) is 15.2 Å². The van der Waals surface area contributed by atoms with Crippen LogP contribution in [-0.2, 0) is 16.0 Å². The Morgan fingerprint density at radius 1 is 1.36 bits per heavy atom. The smallest absolute Gasteiger partial charge is 0.317 e. The van der Waals surface area contributed by atoms with Crippen LogP contribution in [-0.4, -0.2) is 68.5 Å². The lowest BCUT2D eigenvalue weighted by atomic mass is 10.1. The number of rotatable bonds is 6. The molecule has 0 aliphatic carbocycles. The highest BCUT2D eigenvalue weighted by molar-refractivity contribution is 5.74. The van der Waals surface area contributed by atoms with Crippen LogP contribution in [0.2, 0.25) is 0 Å². The Balaban J connectivity index is 1.52. The van der Waals surface area contributed by atoms with Gasteiger partial charge in [-0.2, -0.15) is 0 Å². The first-order valence-corrected chi connectivity index (χ1v) is 9.14. The van der Waals surface area contributed by atoms with Crippen molar-refractivity contribution in [2.24, 2.45) is 5.92 Å². The summed E-state index contributed by atoms with van der Waals surface area (Å²) in [5.74, 6) is 1.41. The van der Waals surface area contributed by atoms with Gasteiger partial charge < -0.3 is 24.6 Å². The number of morpholine rings is 1. The Morgan fingerprint density at radius 2 is 2.20 bits per heavy atom. The van der Waals surface area contributed by atoms with Gasteiger partial charge in [0.15, 0.2) is 0 Å². The first kappa shape index (κ1) is 17.9. The van der Waals surface area contributed by atoms with Crippen molar-refractivity contribution in [2.45, 2.75) is 19.9 Å². The van der Waals surface area contributed by atoms with E-state index in [1.807, 2.05) is 24.0 Å². The first-order chi connectivity index (χ1) is 12.3. The zero-order chi connectivity index (χ0) is 17.5. The molecule has 1 N–H and O–H groups in total. The lowest BCUT2D eigenvalue weighted by molar-refractivity contribution is 0.122. The normalized spacial score (nSPS) is 20.5. The second kappa shape index (κ2) is 9.01. The Kier molecular flexibility index (Phi) is 6.47. The molecule has 25 heavy (non-hydrogen) atoms. The van der Waals surface area contributed by atoms with Gasteiger partial charge >= 0.3 is 6.03 Å². The van der Waals surface area contributed by atoms with Gasteiger partial charge in [0.2, 0.25) is 0 Å². The van der Waals surface area contributed by atoms with Gasteiger partial charge in [0.1, 0.15) is 5.82 Å². The second-order valence-corrected chi connectivity index (χ2v) is 6.55. The summed E-state index contributed by atoms with van der Waals surface area (Å²) >= 11 is 0. The van der Waals surface area contributed by atoms with Crippen LogP contribution >= 0.6 is 0 Å². The quantitative estimate of drug-likeness (QED) is 0.844. The van der Waals surface area contributed by atoms with Gasteiger partial charge in [0, 0.05) is 51.4 Å². The van der Waals surface area contributed by atoms with Crippen LogP contribution in [0.15, 0.2) is 18.3 Å². The second-order valence-electron chi connectivity index (χ2n) is 6.55. The summed E-state index contributed by atoms with van der Waals surface area (Å²) in [6, 6.07) is 3.98. The average molecular weight is 348 g/mol. The third kappa shape index (κ3) is 5.06. The van der Waals surface area contributed by atoms with Crippen LogP contribution < -0.4 is 10.2 Å². The van der Waals surface area contributed by atoms with Crippen LogP contribution in [0.5, 0.6) is 0 Å². The highest BCUT2D eigenvalue weighted by Crippen LogP contribution is 2.15. The van der Waals surface area contributed by atoms with Crippen LogP contribution in [0.4, 0.5) is 10.6 Å². The molecule has 2 amide bonds. The number of pyridine rings is 1. The molecule has 2 aliphatic rings. The van der Waals surface area contributed by atoms with E-state index in [0.29, 0.717) is 19.0 Å². The monoisotopic (exact) mass is 348 g/mol. The molecule has 0 spiro atoms. The fourth-order valence-electron chi connectivity index (χ4n) is 3.22. The maximum atomic E-state index is 12.5. The summed E-state index contributed by atoms with van der Waals surface area (Å²) in [6.45, 7) is 8.75. The highest BCUT2D eigenvalue weighted by Gasteiger charge is 2.21. The van der Waals surface area contributed by atoms with Crippen molar-refractivity contribution in [3.8, 4) is 0 Å². The Morgan fingerprint density at radius 3 is 2.92 bits per heavy atom. The number of anilines is 1. The summed E-state index contributed by atoms with van der Waals surface area (Å²) in [5, 5.41) is 3.03. The fraction of sp³-hybridized carbons (Fsp3) is 0.667. The SMILES string of the molecule is CCN(C[C@H]1CCOC1)C(=O)NCc1ccnc(N2CCOCC2)c1. The van der Waals surface area contributed by atoms with E-state index in [9.17, 15) is 4.79 Å². The molecule has 3 rings (SSSR count). The van der Waals surface area contributed by atoms with E-state index in [1.54, 1.807) is 6.20 Å². The molecule has 0 bridgehead atoms. The van der Waals surface area contributed by atoms with E-state index >= 15 is 0 Å². The van der Waals surface area contributed by atoms with E-state index in [4.69, 9.17) is 9.47 Å². The molecule has 0 radical (unpaired) electrons. The molecule has 2 fully saturated rings. The van der Waals surface area contributed by atoms with E-state index in [1.165, 1.54) is 0 Å². The number of urea groups is 1. The molecule has 0 saturated carbocycles. The van der Waals surface area contributed by atoms with Crippen molar-refractivity contribution in [3.05, 3.63) is 23.9 Å². The maximum absolute atomic E-state index is 12.5. The molecule has 1 atom stereocenters. The zero-order valence-electron chi connectivity index (χ0n) is 14.9. The van der Waals surface area contributed by atoms with Gasteiger partial charge in [-0.05, 0) is 31.0 Å². The number of aromatic nitrogens is 1. The van der Waals surface area contributed by atoms with Crippen molar-refractivity contribution in [2.75, 3.05) is 57.5 Å².